The van der Waals surface area contributed by atoms with Crippen LogP contribution in [0.5, 0.6) is 0 Å². The maximum Gasteiger partial charge on any atom is 0.234 e. The highest BCUT2D eigenvalue weighted by Crippen LogP contribution is 2.20. The van der Waals surface area contributed by atoms with E-state index in [0.717, 1.165) is 62.4 Å². The van der Waals surface area contributed by atoms with Crippen LogP contribution in [-0.2, 0) is 17.8 Å². The molecule has 0 atom stereocenters. The van der Waals surface area contributed by atoms with Gasteiger partial charge in [-0.25, -0.2) is 9.97 Å². The van der Waals surface area contributed by atoms with Crippen LogP contribution in [0.25, 0.3) is 11.4 Å². The highest BCUT2D eigenvalue weighted by Gasteiger charge is 2.19. The zero-order chi connectivity index (χ0) is 22.5. The van der Waals surface area contributed by atoms with Crippen molar-refractivity contribution in [2.24, 2.45) is 0 Å². The summed E-state index contributed by atoms with van der Waals surface area (Å²) in [5.74, 6) is 1.18. The molecule has 8 bridgehead atoms. The summed E-state index contributed by atoms with van der Waals surface area (Å²) in [5, 5.41) is 6.37. The van der Waals surface area contributed by atoms with Crippen molar-refractivity contribution in [3.63, 3.8) is 0 Å². The number of nitrogens with zero attached hydrogens (tertiary/aromatic N) is 6. The van der Waals surface area contributed by atoms with E-state index in [1.807, 2.05) is 18.3 Å². The van der Waals surface area contributed by atoms with E-state index in [1.54, 1.807) is 6.20 Å². The Balaban J connectivity index is 1.40. The number of hydrogen-bond donors (Lipinski definition) is 2. The fourth-order valence-electron chi connectivity index (χ4n) is 4.26. The maximum absolute atomic E-state index is 12.4. The Morgan fingerprint density at radius 3 is 2.64 bits per heavy atom. The molecule has 2 N–H and O–H groups in total. The standard InChI is InChI=1S/C24H28N8O/c33-22-16-32-9-7-31(8-10-32)15-19-3-1-5-21(12-19)29-24-28-17-27-23(30-24)20-11-18(13-25-14-20)4-2-6-26-22/h1,3,5,11-14,17H,2,4,6-10,15-16H2,(H,26,33)(H,27,28,29,30). The molecule has 5 heterocycles. The monoisotopic (exact) mass is 444 g/mol. The van der Waals surface area contributed by atoms with Crippen molar-refractivity contribution >= 4 is 17.5 Å². The van der Waals surface area contributed by atoms with Crippen LogP contribution < -0.4 is 10.6 Å². The molecule has 3 aliphatic rings. The van der Waals surface area contributed by atoms with E-state index in [0.29, 0.717) is 24.9 Å². The molecule has 3 aliphatic heterocycles. The number of nitrogens with one attached hydrogen (secondary N) is 2. The Bertz CT molecular complexity index is 1110. The number of fused-ring (bicyclic) bond motifs is 7. The van der Waals surface area contributed by atoms with Crippen LogP contribution in [0.4, 0.5) is 11.6 Å². The van der Waals surface area contributed by atoms with Gasteiger partial charge in [-0.2, -0.15) is 4.98 Å². The number of hydrogen-bond acceptors (Lipinski definition) is 8. The number of benzene rings is 1. The topological polar surface area (TPSA) is 99.2 Å². The summed E-state index contributed by atoms with van der Waals surface area (Å²) >= 11 is 0. The molecule has 6 rings (SSSR count). The molecule has 0 aliphatic carbocycles. The molecule has 0 radical (unpaired) electrons. The van der Waals surface area contributed by atoms with Gasteiger partial charge < -0.3 is 10.6 Å². The molecular weight excluding hydrogens is 416 g/mol. The molecule has 3 aromatic rings. The van der Waals surface area contributed by atoms with Crippen molar-refractivity contribution in [1.82, 2.24) is 35.1 Å². The first-order valence-electron chi connectivity index (χ1n) is 11.4. The summed E-state index contributed by atoms with van der Waals surface area (Å²) in [5.41, 5.74) is 4.10. The van der Waals surface area contributed by atoms with Gasteiger partial charge in [0.1, 0.15) is 6.33 Å². The number of carbonyl (C=O) groups is 1. The van der Waals surface area contributed by atoms with Gasteiger partial charge in [0.2, 0.25) is 11.9 Å². The predicted octanol–water partition coefficient (Wildman–Crippen LogP) is 1.86. The van der Waals surface area contributed by atoms with Crippen LogP contribution in [0.15, 0.2) is 49.1 Å². The summed E-state index contributed by atoms with van der Waals surface area (Å²) < 4.78 is 0. The van der Waals surface area contributed by atoms with Gasteiger partial charge in [0.05, 0.1) is 6.54 Å². The van der Waals surface area contributed by atoms with E-state index in [2.05, 4.69) is 58.6 Å². The first-order chi connectivity index (χ1) is 16.2. The number of anilines is 2. The third-order valence-corrected chi connectivity index (χ3v) is 6.01. The minimum atomic E-state index is 0.0951. The van der Waals surface area contributed by atoms with Gasteiger partial charge in [0.25, 0.3) is 0 Å². The fourth-order valence-corrected chi connectivity index (χ4v) is 4.26. The van der Waals surface area contributed by atoms with Crippen molar-refractivity contribution in [3.8, 4) is 11.4 Å². The number of aromatic nitrogens is 4. The van der Waals surface area contributed by atoms with Crippen LogP contribution in [0.3, 0.4) is 0 Å². The lowest BCUT2D eigenvalue weighted by molar-refractivity contribution is -0.122. The van der Waals surface area contributed by atoms with Crippen LogP contribution in [0.1, 0.15) is 17.5 Å². The summed E-state index contributed by atoms with van der Waals surface area (Å²) in [6.07, 6.45) is 6.81. The van der Waals surface area contributed by atoms with Crippen LogP contribution >= 0.6 is 0 Å². The Labute approximate surface area is 193 Å². The second-order valence-electron chi connectivity index (χ2n) is 8.55. The molecule has 2 aromatic heterocycles. The number of piperazine rings is 1. The molecule has 1 fully saturated rings. The van der Waals surface area contributed by atoms with Crippen molar-refractivity contribution < 1.29 is 4.79 Å². The second-order valence-corrected chi connectivity index (χ2v) is 8.55. The van der Waals surface area contributed by atoms with E-state index in [9.17, 15) is 4.79 Å². The number of pyridine rings is 1. The largest absolute Gasteiger partial charge is 0.355 e. The van der Waals surface area contributed by atoms with Crippen LogP contribution in [0, 0.1) is 0 Å². The highest BCUT2D eigenvalue weighted by atomic mass is 16.2. The lowest BCUT2D eigenvalue weighted by atomic mass is 10.1. The van der Waals surface area contributed by atoms with Gasteiger partial charge in [-0.05, 0) is 42.2 Å². The molecule has 9 heteroatoms. The van der Waals surface area contributed by atoms with Gasteiger partial charge in [-0.3, -0.25) is 19.6 Å². The Kier molecular flexibility index (Phi) is 6.50. The summed E-state index contributed by atoms with van der Waals surface area (Å²) in [4.78, 5) is 34.6. The Morgan fingerprint density at radius 2 is 1.76 bits per heavy atom. The van der Waals surface area contributed by atoms with Crippen molar-refractivity contribution in [2.45, 2.75) is 19.4 Å². The Morgan fingerprint density at radius 1 is 0.909 bits per heavy atom. The molecule has 0 unspecified atom stereocenters. The molecule has 0 saturated carbocycles. The average molecular weight is 445 g/mol. The van der Waals surface area contributed by atoms with Crippen molar-refractivity contribution in [2.75, 3.05) is 44.6 Å². The van der Waals surface area contributed by atoms with E-state index in [1.165, 1.54) is 11.9 Å². The smallest absolute Gasteiger partial charge is 0.234 e. The SMILES string of the molecule is O=C1CN2CCN(CC2)Cc2cccc(c2)Nc2ncnc(n2)-c2cncc(c2)CCCN1. The highest BCUT2D eigenvalue weighted by molar-refractivity contribution is 5.78. The quantitative estimate of drug-likeness (QED) is 0.542. The van der Waals surface area contributed by atoms with Gasteiger partial charge in [0, 0.05) is 62.9 Å². The van der Waals surface area contributed by atoms with E-state index < -0.39 is 0 Å². The van der Waals surface area contributed by atoms with Crippen molar-refractivity contribution in [1.29, 1.82) is 0 Å². The number of carbonyl (C=O) groups excluding carboxylic acids is 1. The molecule has 33 heavy (non-hydrogen) atoms. The third kappa shape index (κ3) is 5.68. The average Bonchev–Trinajstić information content (AvgIpc) is 2.83. The lowest BCUT2D eigenvalue weighted by Crippen LogP contribution is -2.49. The van der Waals surface area contributed by atoms with Gasteiger partial charge in [-0.15, -0.1) is 0 Å². The van der Waals surface area contributed by atoms with Gasteiger partial charge in [0.15, 0.2) is 5.82 Å². The number of amides is 1. The Hall–Kier alpha value is -3.43. The number of rotatable bonds is 0. The van der Waals surface area contributed by atoms with E-state index in [4.69, 9.17) is 0 Å². The zero-order valence-electron chi connectivity index (χ0n) is 18.6. The van der Waals surface area contributed by atoms with Crippen LogP contribution in [-0.4, -0.2) is 74.9 Å². The minimum absolute atomic E-state index is 0.0951. The molecule has 1 saturated heterocycles. The first kappa shape index (κ1) is 21.4. The van der Waals surface area contributed by atoms with Crippen LogP contribution in [0.2, 0.25) is 0 Å². The van der Waals surface area contributed by atoms with Gasteiger partial charge >= 0.3 is 0 Å². The van der Waals surface area contributed by atoms with Crippen molar-refractivity contribution in [3.05, 3.63) is 60.2 Å². The number of aryl methyl sites for hydroxylation is 1. The fraction of sp³-hybridized carbons (Fsp3) is 0.375. The molecule has 1 amide bonds. The zero-order valence-corrected chi connectivity index (χ0v) is 18.6. The lowest BCUT2D eigenvalue weighted by Gasteiger charge is -2.34. The molecule has 1 aromatic carbocycles. The maximum atomic E-state index is 12.4. The molecule has 0 spiro atoms. The van der Waals surface area contributed by atoms with E-state index in [-0.39, 0.29) is 5.91 Å². The second kappa shape index (κ2) is 10.0. The summed E-state index contributed by atoms with van der Waals surface area (Å²) in [6, 6.07) is 10.4. The summed E-state index contributed by atoms with van der Waals surface area (Å²) in [6.45, 7) is 5.68. The van der Waals surface area contributed by atoms with Gasteiger partial charge in [-0.1, -0.05) is 12.1 Å². The predicted molar refractivity (Wildman–Crippen MR) is 126 cm³/mol. The first-order valence-corrected chi connectivity index (χ1v) is 11.4. The minimum Gasteiger partial charge on any atom is -0.355 e. The normalized spacial score (nSPS) is 21.4. The third-order valence-electron chi connectivity index (χ3n) is 6.01. The van der Waals surface area contributed by atoms with E-state index >= 15 is 0 Å². The molecular formula is C24H28N8O. The molecule has 170 valence electrons. The molecule has 9 nitrogen and oxygen atoms in total. The summed E-state index contributed by atoms with van der Waals surface area (Å²) in [7, 11) is 0.